The predicted molar refractivity (Wildman–Crippen MR) is 108 cm³/mol. The molecule has 0 unspecified atom stereocenters. The van der Waals surface area contributed by atoms with E-state index in [1.54, 1.807) is 11.9 Å². The maximum Gasteiger partial charge on any atom is 0.409 e. The smallest absolute Gasteiger partial charge is 0.409 e. The van der Waals surface area contributed by atoms with Crippen LogP contribution in [0.1, 0.15) is 24.8 Å². The SMILES string of the molecule is CN(CCCCc1ccccc1)C(=O)OCCN1C(=O)[C@@H]2[C@H](C1=O)[C@H]1C=C[C@@H]2C1. The summed E-state index contributed by atoms with van der Waals surface area (Å²) in [6.45, 7) is 0.816. The number of nitrogens with zero attached hydrogens (tertiary/aromatic N) is 2. The molecule has 2 fully saturated rings. The number of amides is 3. The lowest BCUT2D eigenvalue weighted by Crippen LogP contribution is -2.37. The number of carbonyl (C=O) groups is 3. The highest BCUT2D eigenvalue weighted by Crippen LogP contribution is 2.52. The van der Waals surface area contributed by atoms with Crippen molar-refractivity contribution < 1.29 is 19.1 Å². The van der Waals surface area contributed by atoms with Crippen LogP contribution < -0.4 is 0 Å². The number of fused-ring (bicyclic) bond motifs is 5. The van der Waals surface area contributed by atoms with Crippen molar-refractivity contribution in [3.8, 4) is 0 Å². The van der Waals surface area contributed by atoms with E-state index in [2.05, 4.69) is 24.3 Å². The van der Waals surface area contributed by atoms with Gasteiger partial charge in [0, 0.05) is 13.6 Å². The highest BCUT2D eigenvalue weighted by molar-refractivity contribution is 6.06. The molecule has 0 spiro atoms. The quantitative estimate of drug-likeness (QED) is 0.385. The highest BCUT2D eigenvalue weighted by Gasteiger charge is 2.59. The molecule has 6 heteroatoms. The molecule has 29 heavy (non-hydrogen) atoms. The summed E-state index contributed by atoms with van der Waals surface area (Å²) >= 11 is 0. The Kier molecular flexibility index (Phi) is 5.69. The number of hydrogen-bond donors (Lipinski definition) is 0. The fraction of sp³-hybridized carbons (Fsp3) is 0.522. The molecule has 0 aromatic heterocycles. The summed E-state index contributed by atoms with van der Waals surface area (Å²) in [4.78, 5) is 40.2. The number of carbonyl (C=O) groups excluding carboxylic acids is 3. The van der Waals surface area contributed by atoms with E-state index in [1.807, 2.05) is 18.2 Å². The molecular weight excluding hydrogens is 368 g/mol. The van der Waals surface area contributed by atoms with Gasteiger partial charge >= 0.3 is 6.09 Å². The predicted octanol–water partition coefficient (Wildman–Crippen LogP) is 2.88. The molecule has 1 saturated carbocycles. The van der Waals surface area contributed by atoms with E-state index in [1.165, 1.54) is 10.5 Å². The Balaban J connectivity index is 1.15. The Bertz CT molecular complexity index is 776. The van der Waals surface area contributed by atoms with Crippen molar-refractivity contribution in [1.29, 1.82) is 0 Å². The molecule has 4 atom stereocenters. The van der Waals surface area contributed by atoms with Gasteiger partial charge in [0.1, 0.15) is 6.61 Å². The number of rotatable bonds is 8. The number of hydrogen-bond acceptors (Lipinski definition) is 4. The van der Waals surface area contributed by atoms with Crippen molar-refractivity contribution in [3.05, 3.63) is 48.0 Å². The van der Waals surface area contributed by atoms with Crippen LogP contribution in [0.25, 0.3) is 0 Å². The third-order valence-corrected chi connectivity index (χ3v) is 6.47. The van der Waals surface area contributed by atoms with Crippen molar-refractivity contribution in [1.82, 2.24) is 9.80 Å². The molecule has 6 nitrogen and oxygen atoms in total. The lowest BCUT2D eigenvalue weighted by atomic mass is 9.85. The summed E-state index contributed by atoms with van der Waals surface area (Å²) in [6, 6.07) is 10.3. The average Bonchev–Trinajstić information content (AvgIpc) is 3.41. The Morgan fingerprint density at radius 2 is 1.72 bits per heavy atom. The Labute approximate surface area is 171 Å². The second-order valence-electron chi connectivity index (χ2n) is 8.31. The molecule has 2 bridgehead atoms. The number of aryl methyl sites for hydroxylation is 1. The number of allylic oxidation sites excluding steroid dienone is 2. The summed E-state index contributed by atoms with van der Waals surface area (Å²) in [7, 11) is 1.71. The largest absolute Gasteiger partial charge is 0.448 e. The molecule has 2 aliphatic carbocycles. The molecule has 154 valence electrons. The summed E-state index contributed by atoms with van der Waals surface area (Å²) in [5.41, 5.74) is 1.30. The number of ether oxygens (including phenoxy) is 1. The topological polar surface area (TPSA) is 66.9 Å². The van der Waals surface area contributed by atoms with Crippen LogP contribution >= 0.6 is 0 Å². The molecule has 1 saturated heterocycles. The van der Waals surface area contributed by atoms with Crippen LogP contribution in [-0.4, -0.2) is 54.5 Å². The first-order chi connectivity index (χ1) is 14.1. The van der Waals surface area contributed by atoms with Crippen molar-refractivity contribution in [2.24, 2.45) is 23.7 Å². The minimum Gasteiger partial charge on any atom is -0.448 e. The maximum absolute atomic E-state index is 12.6. The van der Waals surface area contributed by atoms with Crippen LogP contribution in [0.5, 0.6) is 0 Å². The van der Waals surface area contributed by atoms with Crippen LogP contribution in [0.3, 0.4) is 0 Å². The first kappa shape index (κ1) is 19.7. The summed E-state index contributed by atoms with van der Waals surface area (Å²) in [5.74, 6) is -0.169. The van der Waals surface area contributed by atoms with Gasteiger partial charge in [-0.25, -0.2) is 4.79 Å². The van der Waals surface area contributed by atoms with Crippen molar-refractivity contribution in [2.75, 3.05) is 26.7 Å². The minimum atomic E-state index is -0.411. The fourth-order valence-corrected chi connectivity index (χ4v) is 4.93. The lowest BCUT2D eigenvalue weighted by Gasteiger charge is -2.20. The third kappa shape index (κ3) is 3.93. The zero-order chi connectivity index (χ0) is 20.4. The zero-order valence-electron chi connectivity index (χ0n) is 16.8. The van der Waals surface area contributed by atoms with Crippen LogP contribution in [0.15, 0.2) is 42.5 Å². The van der Waals surface area contributed by atoms with Gasteiger partial charge in [0.15, 0.2) is 0 Å². The number of imide groups is 1. The standard InChI is InChI=1S/C23H28N2O4/c1-24(12-6-5-9-16-7-3-2-4-8-16)23(28)29-14-13-25-21(26)19-17-10-11-18(15-17)20(19)22(25)27/h2-4,7-8,10-11,17-20H,5-6,9,12-15H2,1H3/t17-,18+,19+,20-. The average molecular weight is 396 g/mol. The van der Waals surface area contributed by atoms with Gasteiger partial charge in [-0.05, 0) is 43.1 Å². The van der Waals surface area contributed by atoms with Crippen LogP contribution in [0.2, 0.25) is 0 Å². The molecule has 4 rings (SSSR count). The van der Waals surface area contributed by atoms with Crippen LogP contribution in [0.4, 0.5) is 4.79 Å². The molecule has 1 aromatic carbocycles. The Morgan fingerprint density at radius 3 is 2.38 bits per heavy atom. The van der Waals surface area contributed by atoms with E-state index < -0.39 is 6.09 Å². The molecule has 0 radical (unpaired) electrons. The summed E-state index contributed by atoms with van der Waals surface area (Å²) in [5, 5.41) is 0. The molecule has 1 aliphatic heterocycles. The van der Waals surface area contributed by atoms with Gasteiger partial charge in [-0.3, -0.25) is 14.5 Å². The molecule has 0 N–H and O–H groups in total. The molecule has 1 heterocycles. The highest BCUT2D eigenvalue weighted by atomic mass is 16.6. The van der Waals surface area contributed by atoms with E-state index in [-0.39, 0.29) is 48.6 Å². The van der Waals surface area contributed by atoms with Gasteiger partial charge in [0.2, 0.25) is 11.8 Å². The molecular formula is C23H28N2O4. The van der Waals surface area contributed by atoms with Gasteiger partial charge in [0.05, 0.1) is 18.4 Å². The van der Waals surface area contributed by atoms with Gasteiger partial charge in [0.25, 0.3) is 0 Å². The van der Waals surface area contributed by atoms with Gasteiger partial charge in [-0.15, -0.1) is 0 Å². The summed E-state index contributed by atoms with van der Waals surface area (Å²) in [6.07, 6.45) is 7.54. The number of unbranched alkanes of at least 4 members (excludes halogenated alkanes) is 1. The lowest BCUT2D eigenvalue weighted by molar-refractivity contribution is -0.141. The van der Waals surface area contributed by atoms with Crippen LogP contribution in [0, 0.1) is 23.7 Å². The van der Waals surface area contributed by atoms with Crippen LogP contribution in [-0.2, 0) is 20.7 Å². The second kappa shape index (κ2) is 8.39. The Morgan fingerprint density at radius 1 is 1.07 bits per heavy atom. The first-order valence-electron chi connectivity index (χ1n) is 10.5. The van der Waals surface area contributed by atoms with E-state index in [0.29, 0.717) is 6.54 Å². The fourth-order valence-electron chi connectivity index (χ4n) is 4.93. The van der Waals surface area contributed by atoms with Gasteiger partial charge in [-0.2, -0.15) is 0 Å². The van der Waals surface area contributed by atoms with Crippen molar-refractivity contribution >= 4 is 17.9 Å². The summed E-state index contributed by atoms with van der Waals surface area (Å²) < 4.78 is 5.29. The number of likely N-dealkylation sites (tertiary alicyclic amines) is 1. The zero-order valence-corrected chi connectivity index (χ0v) is 16.8. The van der Waals surface area contributed by atoms with Crippen molar-refractivity contribution in [3.63, 3.8) is 0 Å². The molecule has 1 aromatic rings. The van der Waals surface area contributed by atoms with Gasteiger partial charge in [-0.1, -0.05) is 42.5 Å². The second-order valence-corrected chi connectivity index (χ2v) is 8.31. The monoisotopic (exact) mass is 396 g/mol. The normalized spacial score (nSPS) is 26.9. The Hall–Kier alpha value is -2.63. The number of benzene rings is 1. The minimum absolute atomic E-state index is 0.0485. The van der Waals surface area contributed by atoms with E-state index >= 15 is 0 Å². The van der Waals surface area contributed by atoms with E-state index in [4.69, 9.17) is 4.74 Å². The first-order valence-corrected chi connectivity index (χ1v) is 10.5. The molecule has 3 aliphatic rings. The molecule has 3 amide bonds. The third-order valence-electron chi connectivity index (χ3n) is 6.47. The van der Waals surface area contributed by atoms with E-state index in [0.717, 1.165) is 25.7 Å². The van der Waals surface area contributed by atoms with Gasteiger partial charge < -0.3 is 9.64 Å². The maximum atomic E-state index is 12.6. The van der Waals surface area contributed by atoms with Crippen molar-refractivity contribution in [2.45, 2.75) is 25.7 Å². The van der Waals surface area contributed by atoms with E-state index in [9.17, 15) is 14.4 Å².